The average Bonchev–Trinajstić information content (AvgIpc) is 3.65. The molecule has 5 atom stereocenters. The molecule has 10 nitrogen and oxygen atoms in total. The maximum atomic E-state index is 13.4. The third-order valence-corrected chi connectivity index (χ3v) is 9.11. The molecule has 2 aliphatic rings. The van der Waals surface area contributed by atoms with Gasteiger partial charge in [-0.1, -0.05) is 62.8 Å². The highest BCUT2D eigenvalue weighted by Crippen LogP contribution is 2.40. The highest BCUT2D eigenvalue weighted by molar-refractivity contribution is 7.09. The Morgan fingerprint density at radius 1 is 1.06 bits per heavy atom. The van der Waals surface area contributed by atoms with Crippen molar-refractivity contribution in [2.24, 2.45) is 5.41 Å². The van der Waals surface area contributed by atoms with E-state index in [1.54, 1.807) is 21.1 Å². The van der Waals surface area contributed by atoms with Gasteiger partial charge in [0, 0.05) is 24.0 Å². The molecule has 1 saturated heterocycles. The first-order chi connectivity index (χ1) is 22.8. The molecule has 1 aromatic heterocycles. The topological polar surface area (TPSA) is 114 Å². The lowest BCUT2D eigenvalue weighted by Crippen LogP contribution is -2.38. The molecule has 3 heterocycles. The molecule has 1 aromatic carbocycles. The van der Waals surface area contributed by atoms with Crippen LogP contribution in [0.1, 0.15) is 76.7 Å². The molecule has 2 aromatic rings. The van der Waals surface area contributed by atoms with E-state index in [-0.39, 0.29) is 18.7 Å². The summed E-state index contributed by atoms with van der Waals surface area (Å²) in [5, 5.41) is 5.69. The number of allylic oxidation sites excluding steroid dienone is 3. The van der Waals surface area contributed by atoms with Gasteiger partial charge < -0.3 is 33.7 Å². The summed E-state index contributed by atoms with van der Waals surface area (Å²) < 4.78 is 35.1. The quantitative estimate of drug-likeness (QED) is 0.182. The van der Waals surface area contributed by atoms with Crippen molar-refractivity contribution >= 4 is 29.3 Å². The van der Waals surface area contributed by atoms with Crippen LogP contribution in [0.3, 0.4) is 0 Å². The molecule has 260 valence electrons. The molecule has 1 amide bonds. The van der Waals surface area contributed by atoms with Gasteiger partial charge in [0.05, 0.1) is 25.5 Å². The normalized spacial score (nSPS) is 29.3. The van der Waals surface area contributed by atoms with Crippen molar-refractivity contribution in [1.29, 1.82) is 0 Å². The van der Waals surface area contributed by atoms with Gasteiger partial charge in [-0.25, -0.2) is 9.78 Å². The molecular formula is C37H48N2O8S. The standard InChI is InChI=1S/C37H48N2O8S/c1-24-13-16-27(37(6)34(41)46-35(47-37)36(3,4)5)20-32(40)38-25(2)33-39-28(22-48-33)11-9-10-12-30(31(19-24)45-23-42-7)44-21-26-14-17-29(43-8)18-15-26/h9-12,14-15,17-20,22,25,30-31,35H,13,16,21,23H2,1-8H3,(H,38,40)/b11-9-,12-10+,24-19-,27-20-/t25-,30+,31-,35-,37-/m1/s1. The van der Waals surface area contributed by atoms with Crippen LogP contribution in [-0.2, 0) is 39.9 Å². The van der Waals surface area contributed by atoms with E-state index in [2.05, 4.69) is 5.32 Å². The van der Waals surface area contributed by atoms with Crippen molar-refractivity contribution in [2.45, 2.75) is 91.1 Å². The Labute approximate surface area is 287 Å². The van der Waals surface area contributed by atoms with Gasteiger partial charge in [0.1, 0.15) is 29.8 Å². The predicted molar refractivity (Wildman–Crippen MR) is 185 cm³/mol. The zero-order valence-corrected chi connectivity index (χ0v) is 29.9. The van der Waals surface area contributed by atoms with Crippen LogP contribution in [0.2, 0.25) is 0 Å². The summed E-state index contributed by atoms with van der Waals surface area (Å²) in [7, 11) is 3.20. The SMILES string of the molecule is COCO[C@@H]1/C=C(/C)CC/C([C@@]2(C)O[C@H](C(C)(C)C)OC2=O)=C/C(=O)N[C@H](C)c2nc(cs2)/C=C\C=C\[C@@H]1OCc1ccc(OC)cc1. The Balaban J connectivity index is 1.70. The Morgan fingerprint density at radius 3 is 2.48 bits per heavy atom. The number of methoxy groups -OCH3 is 2. The Bertz CT molecular complexity index is 1520. The minimum absolute atomic E-state index is 0.0531. The summed E-state index contributed by atoms with van der Waals surface area (Å²) >= 11 is 1.46. The smallest absolute Gasteiger partial charge is 0.344 e. The first kappa shape index (κ1) is 37.2. The molecule has 0 radical (unpaired) electrons. The van der Waals surface area contributed by atoms with Crippen molar-refractivity contribution in [3.8, 4) is 5.75 Å². The lowest BCUT2D eigenvalue weighted by atomic mass is 9.89. The number of carbonyl (C=O) groups excluding carboxylic acids is 2. The minimum Gasteiger partial charge on any atom is -0.497 e. The molecule has 2 bridgehead atoms. The van der Waals surface area contributed by atoms with Gasteiger partial charge in [-0.15, -0.1) is 11.3 Å². The van der Waals surface area contributed by atoms with E-state index in [1.165, 1.54) is 17.4 Å². The summed E-state index contributed by atoms with van der Waals surface area (Å²) in [5.74, 6) is -0.0990. The van der Waals surface area contributed by atoms with Crippen molar-refractivity contribution in [3.05, 3.63) is 87.4 Å². The number of carbonyl (C=O) groups is 2. The van der Waals surface area contributed by atoms with Crippen LogP contribution in [0.15, 0.2) is 71.2 Å². The number of fused-ring (bicyclic) bond motifs is 2. The maximum absolute atomic E-state index is 13.4. The van der Waals surface area contributed by atoms with Gasteiger partial charge in [-0.05, 0) is 63.0 Å². The number of ether oxygens (including phenoxy) is 6. The highest BCUT2D eigenvalue weighted by Gasteiger charge is 2.52. The van der Waals surface area contributed by atoms with E-state index in [4.69, 9.17) is 33.4 Å². The minimum atomic E-state index is -1.43. The molecule has 0 spiro atoms. The van der Waals surface area contributed by atoms with Crippen molar-refractivity contribution in [3.63, 3.8) is 0 Å². The van der Waals surface area contributed by atoms with Crippen LogP contribution < -0.4 is 10.1 Å². The molecule has 0 aliphatic carbocycles. The number of amides is 1. The lowest BCUT2D eigenvalue weighted by molar-refractivity contribution is -0.155. The van der Waals surface area contributed by atoms with Gasteiger partial charge in [0.15, 0.2) is 5.60 Å². The summed E-state index contributed by atoms with van der Waals surface area (Å²) in [6, 6.07) is 7.36. The molecule has 1 fully saturated rings. The van der Waals surface area contributed by atoms with E-state index >= 15 is 0 Å². The van der Waals surface area contributed by atoms with Crippen LogP contribution in [0.4, 0.5) is 0 Å². The number of esters is 1. The Hall–Kier alpha value is -3.61. The number of thiazole rings is 1. The Kier molecular flexibility index (Phi) is 12.9. The molecule has 0 saturated carbocycles. The Morgan fingerprint density at radius 2 is 1.81 bits per heavy atom. The second kappa shape index (κ2) is 16.7. The monoisotopic (exact) mass is 680 g/mol. The molecular weight excluding hydrogens is 632 g/mol. The molecule has 1 N–H and O–H groups in total. The summed E-state index contributed by atoms with van der Waals surface area (Å²) in [4.78, 5) is 31.4. The highest BCUT2D eigenvalue weighted by atomic mass is 32.1. The largest absolute Gasteiger partial charge is 0.497 e. The fraction of sp³-hybridized carbons (Fsp3) is 0.486. The first-order valence-electron chi connectivity index (χ1n) is 16.1. The van der Waals surface area contributed by atoms with Crippen LogP contribution in [0, 0.1) is 5.41 Å². The fourth-order valence-electron chi connectivity index (χ4n) is 5.14. The van der Waals surface area contributed by atoms with Crippen molar-refractivity contribution in [2.75, 3.05) is 21.0 Å². The maximum Gasteiger partial charge on any atom is 0.344 e. The summed E-state index contributed by atoms with van der Waals surface area (Å²) in [6.45, 7) is 11.7. The molecule has 0 unspecified atom stereocenters. The number of nitrogens with one attached hydrogen (secondary N) is 1. The number of nitrogens with zero attached hydrogens (tertiary/aromatic N) is 1. The van der Waals surface area contributed by atoms with Gasteiger partial charge in [0.2, 0.25) is 12.2 Å². The number of hydrogen-bond donors (Lipinski definition) is 1. The number of cyclic esters (lactones) is 1. The first-order valence-corrected chi connectivity index (χ1v) is 16.9. The van der Waals surface area contributed by atoms with Crippen molar-refractivity contribution in [1.82, 2.24) is 10.3 Å². The predicted octanol–water partition coefficient (Wildman–Crippen LogP) is 6.84. The molecule has 2 aliphatic heterocycles. The van der Waals surface area contributed by atoms with Crippen molar-refractivity contribution < 1.29 is 38.0 Å². The van der Waals surface area contributed by atoms with Gasteiger partial charge in [0.25, 0.3) is 0 Å². The number of aromatic nitrogens is 1. The third-order valence-electron chi connectivity index (χ3n) is 8.06. The number of rotatable bonds is 8. The van der Waals surface area contributed by atoms with E-state index in [1.807, 2.05) is 94.6 Å². The number of benzene rings is 1. The summed E-state index contributed by atoms with van der Waals surface area (Å²) in [5.41, 5.74) is 1.34. The summed E-state index contributed by atoms with van der Waals surface area (Å²) in [6.07, 6.45) is 10.2. The van der Waals surface area contributed by atoms with Crippen LogP contribution >= 0.6 is 11.3 Å². The van der Waals surface area contributed by atoms with Gasteiger partial charge >= 0.3 is 5.97 Å². The average molecular weight is 681 g/mol. The third kappa shape index (κ3) is 9.96. The molecule has 48 heavy (non-hydrogen) atoms. The molecule has 4 rings (SSSR count). The van der Waals surface area contributed by atoms with E-state index < -0.39 is 35.5 Å². The van der Waals surface area contributed by atoms with Crippen LogP contribution in [0.25, 0.3) is 6.08 Å². The van der Waals surface area contributed by atoms with E-state index in [0.717, 1.165) is 27.6 Å². The second-order valence-electron chi connectivity index (χ2n) is 13.2. The van der Waals surface area contributed by atoms with E-state index in [0.29, 0.717) is 25.0 Å². The molecule has 11 heteroatoms. The zero-order chi connectivity index (χ0) is 34.9. The zero-order valence-electron chi connectivity index (χ0n) is 29.1. The number of hydrogen-bond acceptors (Lipinski definition) is 10. The van der Waals surface area contributed by atoms with Crippen LogP contribution in [0.5, 0.6) is 5.75 Å². The van der Waals surface area contributed by atoms with Gasteiger partial charge in [-0.2, -0.15) is 0 Å². The van der Waals surface area contributed by atoms with Crippen LogP contribution in [-0.4, -0.2) is 62.0 Å². The fourth-order valence-corrected chi connectivity index (χ4v) is 5.93. The lowest BCUT2D eigenvalue weighted by Gasteiger charge is -2.28. The second-order valence-corrected chi connectivity index (χ2v) is 14.1. The van der Waals surface area contributed by atoms with E-state index in [9.17, 15) is 9.59 Å². The van der Waals surface area contributed by atoms with Gasteiger partial charge in [-0.3, -0.25) is 4.79 Å².